The lowest BCUT2D eigenvalue weighted by molar-refractivity contribution is -0.179. The summed E-state index contributed by atoms with van der Waals surface area (Å²) < 4.78 is 97.3. The Bertz CT molecular complexity index is 2370. The molecule has 8 nitrogen and oxygen atoms in total. The van der Waals surface area contributed by atoms with Crippen molar-refractivity contribution in [2.75, 3.05) is 24.0 Å². The Morgan fingerprint density at radius 1 is 0.635 bits per heavy atom. The van der Waals surface area contributed by atoms with Crippen molar-refractivity contribution >= 4 is 55.3 Å². The van der Waals surface area contributed by atoms with E-state index >= 15 is 0 Å². The number of benzene rings is 4. The van der Waals surface area contributed by atoms with Crippen LogP contribution in [0.2, 0.25) is 0 Å². The highest BCUT2D eigenvalue weighted by Crippen LogP contribution is 2.48. The Hall–Kier alpha value is -5.32. The van der Waals surface area contributed by atoms with Crippen LogP contribution in [-0.2, 0) is 24.2 Å². The van der Waals surface area contributed by atoms with Crippen LogP contribution in [0.4, 0.5) is 47.3 Å². The number of nitrogens with one attached hydrogen (secondary N) is 2. The summed E-state index contributed by atoms with van der Waals surface area (Å²) in [6.45, 7) is 7.31. The highest BCUT2D eigenvalue weighted by atomic mass is 79.9. The van der Waals surface area contributed by atoms with Crippen LogP contribution in [0.1, 0.15) is 71.2 Å². The monoisotopic (exact) mass is 1010 g/mol. The number of carbonyl (C=O) groups is 2. The third kappa shape index (κ3) is 11.4. The van der Waals surface area contributed by atoms with E-state index in [1.54, 1.807) is 62.4 Å². The van der Waals surface area contributed by atoms with Gasteiger partial charge in [0.15, 0.2) is 0 Å². The van der Waals surface area contributed by atoms with E-state index < -0.39 is 35.5 Å². The number of ether oxygens (including phenoxy) is 2. The normalized spacial score (nSPS) is 17.7. The quantitative estimate of drug-likeness (QED) is 0.143. The number of hydrogen-bond acceptors (Lipinski definition) is 4. The minimum Gasteiger partial charge on any atom is -0.497 e. The van der Waals surface area contributed by atoms with Gasteiger partial charge in [0.25, 0.3) is 0 Å². The van der Waals surface area contributed by atoms with Gasteiger partial charge in [-0.05, 0) is 65.6 Å². The second-order valence-corrected chi connectivity index (χ2v) is 16.7. The predicted molar refractivity (Wildman–Crippen MR) is 242 cm³/mol. The Morgan fingerprint density at radius 2 is 1.02 bits per heavy atom. The van der Waals surface area contributed by atoms with E-state index in [0.29, 0.717) is 20.4 Å². The lowest BCUT2D eigenvalue weighted by Gasteiger charge is -2.42. The highest BCUT2D eigenvalue weighted by Gasteiger charge is 2.61. The summed E-state index contributed by atoms with van der Waals surface area (Å²) in [7, 11) is 3.08. The minimum atomic E-state index is -4.81. The number of fused-ring (bicyclic) bond motifs is 2. The van der Waals surface area contributed by atoms with Crippen molar-refractivity contribution in [3.8, 4) is 35.2 Å². The molecule has 0 radical (unpaired) electrons. The number of amides is 4. The van der Waals surface area contributed by atoms with Crippen LogP contribution >= 0.6 is 31.9 Å². The van der Waals surface area contributed by atoms with Crippen molar-refractivity contribution in [1.82, 2.24) is 10.6 Å². The topological polar surface area (TPSA) is 83.1 Å². The average Bonchev–Trinajstić information content (AvgIpc) is 3.19. The van der Waals surface area contributed by atoms with Gasteiger partial charge in [-0.3, -0.25) is 9.80 Å². The van der Waals surface area contributed by atoms with Gasteiger partial charge in [0, 0.05) is 32.4 Å². The molecule has 2 unspecified atom stereocenters. The summed E-state index contributed by atoms with van der Waals surface area (Å²) in [5.74, 6) is 11.0. The zero-order valence-corrected chi connectivity index (χ0v) is 37.1. The molecule has 0 bridgehead atoms. The van der Waals surface area contributed by atoms with Gasteiger partial charge >= 0.3 is 24.4 Å². The van der Waals surface area contributed by atoms with E-state index in [1.807, 2.05) is 13.8 Å². The first-order chi connectivity index (χ1) is 28.6. The SMILES string of the molecule is C.C.COc1ccc(CN2C(=O)NC(C#CC(C)C)(C(F)(F)F)c3ccc(Br)cc32)cc1.COc1ccc(CN2C(=O)NC(C#CCC(C)C)(C(F)(F)F)c3ccc(Br)cc32)cc1. The number of anilines is 2. The Morgan fingerprint density at radius 3 is 1.35 bits per heavy atom. The largest absolute Gasteiger partial charge is 0.497 e. The Balaban J connectivity index is 0.000000325. The minimum absolute atomic E-state index is 0. The van der Waals surface area contributed by atoms with E-state index in [2.05, 4.69) is 66.2 Å². The summed E-state index contributed by atoms with van der Waals surface area (Å²) in [6, 6.07) is 21.0. The first kappa shape index (κ1) is 52.0. The third-order valence-corrected chi connectivity index (χ3v) is 10.6. The molecule has 0 fully saturated rings. The fourth-order valence-electron chi connectivity index (χ4n) is 6.47. The van der Waals surface area contributed by atoms with Crippen molar-refractivity contribution in [3.63, 3.8) is 0 Å². The van der Waals surface area contributed by atoms with Gasteiger partial charge in [0.1, 0.15) is 11.5 Å². The van der Waals surface area contributed by atoms with Crippen LogP contribution in [0.3, 0.4) is 0 Å². The molecule has 6 rings (SSSR count). The lowest BCUT2D eigenvalue weighted by Crippen LogP contribution is -2.62. The smallest absolute Gasteiger partial charge is 0.427 e. The molecule has 338 valence electrons. The van der Waals surface area contributed by atoms with Crippen LogP contribution in [0.15, 0.2) is 93.9 Å². The van der Waals surface area contributed by atoms with E-state index in [-0.39, 0.29) is 68.7 Å². The van der Waals surface area contributed by atoms with Gasteiger partial charge < -0.3 is 20.1 Å². The molecule has 0 saturated heterocycles. The molecule has 0 spiro atoms. The number of carbonyl (C=O) groups excluding carboxylic acids is 2. The molecule has 0 aromatic heterocycles. The number of halogens is 8. The van der Waals surface area contributed by atoms with Crippen LogP contribution in [0, 0.1) is 35.5 Å². The van der Waals surface area contributed by atoms with Crippen molar-refractivity contribution < 1.29 is 45.4 Å². The van der Waals surface area contributed by atoms with Crippen LogP contribution in [0.5, 0.6) is 11.5 Å². The molecular weight excluding hydrogens is 958 g/mol. The second kappa shape index (κ2) is 20.9. The molecule has 63 heavy (non-hydrogen) atoms. The number of rotatable bonds is 7. The average molecular weight is 1010 g/mol. The first-order valence-electron chi connectivity index (χ1n) is 18.9. The number of methoxy groups -OCH3 is 2. The molecule has 16 heteroatoms. The van der Waals surface area contributed by atoms with Crippen molar-refractivity contribution in [2.24, 2.45) is 11.8 Å². The molecule has 2 heterocycles. The van der Waals surface area contributed by atoms with Crippen molar-refractivity contribution in [2.45, 2.75) is 85.5 Å². The number of alkyl halides is 6. The molecular formula is C47H50Br2F6N4O4. The maximum atomic E-state index is 14.3. The van der Waals surface area contributed by atoms with Crippen molar-refractivity contribution in [3.05, 3.63) is 116 Å². The third-order valence-electron chi connectivity index (χ3n) is 9.57. The molecule has 2 aliphatic heterocycles. The van der Waals surface area contributed by atoms with E-state index in [4.69, 9.17) is 9.47 Å². The van der Waals surface area contributed by atoms with Crippen LogP contribution in [0.25, 0.3) is 0 Å². The number of hydrogen-bond donors (Lipinski definition) is 2. The molecule has 0 saturated carbocycles. The van der Waals surface area contributed by atoms with E-state index in [1.165, 1.54) is 60.4 Å². The van der Waals surface area contributed by atoms with Gasteiger partial charge in [-0.2, -0.15) is 26.3 Å². The lowest BCUT2D eigenvalue weighted by atomic mass is 9.85. The van der Waals surface area contributed by atoms with Crippen LogP contribution in [-0.4, -0.2) is 38.6 Å². The summed E-state index contributed by atoms with van der Waals surface area (Å²) >= 11 is 6.61. The van der Waals surface area contributed by atoms with E-state index in [0.717, 1.165) is 11.1 Å². The predicted octanol–water partition coefficient (Wildman–Crippen LogP) is 12.9. The fourth-order valence-corrected chi connectivity index (χ4v) is 7.17. The molecule has 2 aliphatic rings. The van der Waals surface area contributed by atoms with Gasteiger partial charge in [-0.25, -0.2) is 9.59 Å². The summed E-state index contributed by atoms with van der Waals surface area (Å²) in [5.41, 5.74) is -3.97. The first-order valence-corrected chi connectivity index (χ1v) is 20.4. The maximum Gasteiger partial charge on any atom is 0.427 e. The standard InChI is InChI=1S/C23H22BrF3N2O2.C22H20BrF3N2O2.2CH4/c1-15(2)5-4-12-22(23(25,26)27)19-11-8-17(24)13-20(19)29(21(30)28-22)14-16-6-9-18(31-3)10-7-16;1-14(2)10-11-21(22(24,25)26)18-9-6-16(23)12-19(18)28(20(29)27-21)13-15-4-7-17(30-3)8-5-15;;/h6-11,13,15H,5,14H2,1-3H3,(H,28,30);4-9,12,14H,13H2,1-3H3,(H,27,29);2*1H4. The van der Waals surface area contributed by atoms with Gasteiger partial charge in [-0.15, -0.1) is 0 Å². The van der Waals surface area contributed by atoms with Gasteiger partial charge in [0.2, 0.25) is 11.1 Å². The zero-order valence-electron chi connectivity index (χ0n) is 33.9. The second-order valence-electron chi connectivity index (χ2n) is 14.9. The highest BCUT2D eigenvalue weighted by molar-refractivity contribution is 9.10. The Labute approximate surface area is 382 Å². The number of urea groups is 2. The molecule has 2 atom stereocenters. The van der Waals surface area contributed by atoms with Gasteiger partial charge in [-0.1, -0.05) is 134 Å². The summed E-state index contributed by atoms with van der Waals surface area (Å²) in [5, 5.41) is 4.30. The molecule has 4 aromatic rings. The molecule has 4 aromatic carbocycles. The molecule has 2 N–H and O–H groups in total. The summed E-state index contributed by atoms with van der Waals surface area (Å²) in [4.78, 5) is 28.4. The summed E-state index contributed by atoms with van der Waals surface area (Å²) in [6.07, 6.45) is -9.32. The fraction of sp³-hybridized carbons (Fsp3) is 0.362. The zero-order chi connectivity index (χ0) is 44.9. The van der Waals surface area contributed by atoms with Crippen LogP contribution < -0.4 is 29.9 Å². The Kier molecular flexibility index (Phi) is 17.3. The van der Waals surface area contributed by atoms with Gasteiger partial charge in [0.05, 0.1) is 38.7 Å². The number of nitrogens with zero attached hydrogens (tertiary/aromatic N) is 2. The maximum absolute atomic E-state index is 14.3. The van der Waals surface area contributed by atoms with E-state index in [9.17, 15) is 35.9 Å². The van der Waals surface area contributed by atoms with Crippen molar-refractivity contribution in [1.29, 1.82) is 0 Å². The molecule has 4 amide bonds. The molecule has 0 aliphatic carbocycles.